The molecule has 1 fully saturated rings. The number of aliphatic carboxylic acids is 2. The van der Waals surface area contributed by atoms with Crippen molar-refractivity contribution >= 4 is 23.9 Å². The fourth-order valence-electron chi connectivity index (χ4n) is 1.28. The zero-order valence-electron chi connectivity index (χ0n) is 13.0. The van der Waals surface area contributed by atoms with Gasteiger partial charge in [0.1, 0.15) is 6.61 Å². The fraction of sp³-hybridized carbons (Fsp3) is 0.692. The number of carbonyl (C=O) groups is 4. The summed E-state index contributed by atoms with van der Waals surface area (Å²) in [5, 5.41) is 14.8. The van der Waals surface area contributed by atoms with Crippen molar-refractivity contribution in [2.24, 2.45) is 0 Å². The van der Waals surface area contributed by atoms with Crippen molar-refractivity contribution in [2.75, 3.05) is 6.61 Å². The van der Waals surface area contributed by atoms with Crippen molar-refractivity contribution in [2.45, 2.75) is 52.9 Å². The van der Waals surface area contributed by atoms with E-state index in [1.807, 2.05) is 0 Å². The van der Waals surface area contributed by atoms with Crippen LogP contribution in [-0.4, -0.2) is 53.1 Å². The topological polar surface area (TPSA) is 136 Å². The largest absolute Gasteiger partial charge is 0.481 e. The lowest BCUT2D eigenvalue weighted by Crippen LogP contribution is -2.21. The predicted octanol–water partition coefficient (Wildman–Crippen LogP) is 0.799. The molecule has 0 spiro atoms. The molecule has 0 radical (unpaired) electrons. The number of ether oxygens (including phenoxy) is 3. The molecule has 0 aliphatic carbocycles. The third kappa shape index (κ3) is 20.2. The van der Waals surface area contributed by atoms with Crippen LogP contribution < -0.4 is 0 Å². The highest BCUT2D eigenvalue weighted by Gasteiger charge is 2.27. The van der Waals surface area contributed by atoms with Crippen molar-refractivity contribution < 1.29 is 43.6 Å². The molecule has 1 aliphatic rings. The van der Waals surface area contributed by atoms with E-state index in [2.05, 4.69) is 0 Å². The van der Waals surface area contributed by atoms with Gasteiger partial charge < -0.3 is 24.4 Å². The zero-order valence-corrected chi connectivity index (χ0v) is 13.0. The highest BCUT2D eigenvalue weighted by molar-refractivity contribution is 5.66. The number of hydrogen-bond acceptors (Lipinski definition) is 7. The number of hydrogen-bond donors (Lipinski definition) is 2. The van der Waals surface area contributed by atoms with E-state index in [9.17, 15) is 9.59 Å². The van der Waals surface area contributed by atoms with Crippen molar-refractivity contribution in [3.8, 4) is 0 Å². The summed E-state index contributed by atoms with van der Waals surface area (Å²) in [7, 11) is 0. The Morgan fingerprint density at radius 1 is 0.955 bits per heavy atom. The number of carboxylic acids is 2. The molecular formula is C13H22O9. The first-order valence-corrected chi connectivity index (χ1v) is 6.39. The molecule has 0 saturated carbocycles. The Morgan fingerprint density at radius 2 is 1.41 bits per heavy atom. The summed E-state index contributed by atoms with van der Waals surface area (Å²) in [4.78, 5) is 39.1. The second kappa shape index (κ2) is 12.6. The maximum Gasteiger partial charge on any atom is 0.304 e. The van der Waals surface area contributed by atoms with Crippen LogP contribution in [0.4, 0.5) is 0 Å². The van der Waals surface area contributed by atoms with Crippen LogP contribution in [0.2, 0.25) is 0 Å². The molecule has 1 saturated heterocycles. The van der Waals surface area contributed by atoms with Crippen molar-refractivity contribution in [3.05, 3.63) is 0 Å². The molecule has 0 aromatic heterocycles. The van der Waals surface area contributed by atoms with Crippen molar-refractivity contribution in [3.63, 3.8) is 0 Å². The van der Waals surface area contributed by atoms with Crippen LogP contribution >= 0.6 is 0 Å². The summed E-state index contributed by atoms with van der Waals surface area (Å²) in [6, 6.07) is 0. The van der Waals surface area contributed by atoms with Crippen LogP contribution in [0.15, 0.2) is 0 Å². The summed E-state index contributed by atoms with van der Waals surface area (Å²) < 4.78 is 14.9. The Labute approximate surface area is 128 Å². The van der Waals surface area contributed by atoms with Gasteiger partial charge in [-0.05, 0) is 6.42 Å². The van der Waals surface area contributed by atoms with Gasteiger partial charge in [-0.25, -0.2) is 0 Å². The predicted molar refractivity (Wildman–Crippen MR) is 72.9 cm³/mol. The maximum atomic E-state index is 10.6. The van der Waals surface area contributed by atoms with Crippen LogP contribution in [0.3, 0.4) is 0 Å². The van der Waals surface area contributed by atoms with Gasteiger partial charge in [-0.2, -0.15) is 0 Å². The first kappa shape index (κ1) is 22.1. The van der Waals surface area contributed by atoms with E-state index in [4.69, 9.17) is 34.0 Å². The van der Waals surface area contributed by atoms with Gasteiger partial charge in [0.2, 0.25) is 6.29 Å². The van der Waals surface area contributed by atoms with Crippen LogP contribution in [0.25, 0.3) is 0 Å². The van der Waals surface area contributed by atoms with Crippen molar-refractivity contribution in [1.29, 1.82) is 0 Å². The van der Waals surface area contributed by atoms with E-state index >= 15 is 0 Å². The summed E-state index contributed by atoms with van der Waals surface area (Å²) in [6.45, 7) is 5.08. The fourth-order valence-corrected chi connectivity index (χ4v) is 1.28. The Hall–Kier alpha value is -2.16. The molecule has 128 valence electrons. The van der Waals surface area contributed by atoms with Gasteiger partial charge in [-0.3, -0.25) is 19.2 Å². The quantitative estimate of drug-likeness (QED) is 0.722. The second-order valence-corrected chi connectivity index (χ2v) is 4.22. The van der Waals surface area contributed by atoms with E-state index in [1.54, 1.807) is 0 Å². The number of carbonyl (C=O) groups excluding carboxylic acids is 2. The molecule has 0 amide bonds. The van der Waals surface area contributed by atoms with E-state index in [0.29, 0.717) is 6.42 Å². The summed E-state index contributed by atoms with van der Waals surface area (Å²) in [6.07, 6.45) is 0.771. The highest BCUT2D eigenvalue weighted by atomic mass is 16.7. The SMILES string of the molecule is CC(=O)O.CC(=O)O.CC(=O)OC[C@@H]1CC[C@H](OC(C)=O)O1. The molecule has 1 heterocycles. The van der Waals surface area contributed by atoms with Gasteiger partial charge in [0.25, 0.3) is 11.9 Å². The molecule has 2 N–H and O–H groups in total. The van der Waals surface area contributed by atoms with Gasteiger partial charge in [0.05, 0.1) is 6.10 Å². The number of carboxylic acid groups (broad SMARTS) is 2. The number of esters is 2. The van der Waals surface area contributed by atoms with Crippen LogP contribution in [0, 0.1) is 0 Å². The summed E-state index contributed by atoms with van der Waals surface area (Å²) >= 11 is 0. The van der Waals surface area contributed by atoms with E-state index in [0.717, 1.165) is 20.3 Å². The number of rotatable bonds is 3. The van der Waals surface area contributed by atoms with Gasteiger partial charge >= 0.3 is 11.9 Å². The molecule has 9 nitrogen and oxygen atoms in total. The van der Waals surface area contributed by atoms with Gasteiger partial charge in [0.15, 0.2) is 0 Å². The third-order valence-electron chi connectivity index (χ3n) is 1.84. The Bertz CT molecular complexity index is 358. The zero-order chi connectivity index (χ0) is 17.7. The first-order valence-electron chi connectivity index (χ1n) is 6.39. The minimum atomic E-state index is -0.833. The molecular weight excluding hydrogens is 300 g/mol. The van der Waals surface area contributed by atoms with E-state index in [1.165, 1.54) is 13.8 Å². The third-order valence-corrected chi connectivity index (χ3v) is 1.84. The lowest BCUT2D eigenvalue weighted by Gasteiger charge is -2.12. The van der Waals surface area contributed by atoms with Gasteiger partial charge in [-0.1, -0.05) is 0 Å². The molecule has 1 aliphatic heterocycles. The summed E-state index contributed by atoms with van der Waals surface area (Å²) in [5.41, 5.74) is 0. The standard InChI is InChI=1S/C9H14O5.2C2H4O2/c1-6(10)12-5-8-3-4-9(14-8)13-7(2)11;2*1-2(3)4/h8-9H,3-5H2,1-2H3;2*1H3,(H,3,4)/t8-,9+;;/m0../s1. The van der Waals surface area contributed by atoms with Crippen LogP contribution in [0.5, 0.6) is 0 Å². The monoisotopic (exact) mass is 322 g/mol. The van der Waals surface area contributed by atoms with Crippen LogP contribution in [0.1, 0.15) is 40.5 Å². The van der Waals surface area contributed by atoms with E-state index in [-0.39, 0.29) is 24.6 Å². The average Bonchev–Trinajstić information content (AvgIpc) is 2.71. The molecule has 0 unspecified atom stereocenters. The Kier molecular flexibility index (Phi) is 12.6. The van der Waals surface area contributed by atoms with Crippen molar-refractivity contribution in [1.82, 2.24) is 0 Å². The van der Waals surface area contributed by atoms with Gasteiger partial charge in [0, 0.05) is 34.1 Å². The Balaban J connectivity index is 0. The van der Waals surface area contributed by atoms with E-state index < -0.39 is 18.2 Å². The van der Waals surface area contributed by atoms with Crippen LogP contribution in [-0.2, 0) is 33.4 Å². The minimum absolute atomic E-state index is 0.150. The molecule has 0 aromatic rings. The molecule has 22 heavy (non-hydrogen) atoms. The second-order valence-electron chi connectivity index (χ2n) is 4.22. The summed E-state index contributed by atoms with van der Waals surface area (Å²) in [5.74, 6) is -2.35. The smallest absolute Gasteiger partial charge is 0.304 e. The molecule has 0 bridgehead atoms. The lowest BCUT2D eigenvalue weighted by molar-refractivity contribution is -0.177. The molecule has 2 atom stereocenters. The highest BCUT2D eigenvalue weighted by Crippen LogP contribution is 2.20. The Morgan fingerprint density at radius 3 is 1.77 bits per heavy atom. The normalized spacial score (nSPS) is 18.7. The lowest BCUT2D eigenvalue weighted by atomic mass is 10.2. The molecule has 9 heteroatoms. The molecule has 0 aromatic carbocycles. The van der Waals surface area contributed by atoms with Gasteiger partial charge in [-0.15, -0.1) is 0 Å². The first-order chi connectivity index (χ1) is 10.0. The minimum Gasteiger partial charge on any atom is -0.481 e. The molecule has 1 rings (SSSR count). The average molecular weight is 322 g/mol. The maximum absolute atomic E-state index is 10.6.